The Balaban J connectivity index is 0.000000461. The zero-order valence-corrected chi connectivity index (χ0v) is 8.24. The second-order valence-electron chi connectivity index (χ2n) is 2.55. The minimum absolute atomic E-state index is 0.341. The highest BCUT2D eigenvalue weighted by Gasteiger charge is 2.06. The lowest BCUT2D eigenvalue weighted by atomic mass is 10.1. The number of benzene rings is 1. The zero-order chi connectivity index (χ0) is 10.6. The standard InChI is InChI=1S/C9H7NO2.C2H6/c11-9(12)7-2-1-3-8-6(7)4-5-10-8;1-2/h1-5,10H,(H,11,12);1-2H3. The summed E-state index contributed by atoms with van der Waals surface area (Å²) in [4.78, 5) is 13.7. The smallest absolute Gasteiger partial charge is 0.336 e. The van der Waals surface area contributed by atoms with Crippen LogP contribution in [-0.2, 0) is 0 Å². The number of aromatic nitrogens is 1. The summed E-state index contributed by atoms with van der Waals surface area (Å²) in [6, 6.07) is 6.93. The molecule has 1 heterocycles. The van der Waals surface area contributed by atoms with Gasteiger partial charge in [-0.25, -0.2) is 4.79 Å². The van der Waals surface area contributed by atoms with Crippen molar-refractivity contribution in [2.45, 2.75) is 13.8 Å². The summed E-state index contributed by atoms with van der Waals surface area (Å²) >= 11 is 0. The van der Waals surface area contributed by atoms with Crippen molar-refractivity contribution in [3.63, 3.8) is 0 Å². The van der Waals surface area contributed by atoms with Gasteiger partial charge in [-0.05, 0) is 18.2 Å². The number of carbonyl (C=O) groups is 1. The fourth-order valence-electron chi connectivity index (χ4n) is 1.27. The van der Waals surface area contributed by atoms with Crippen molar-refractivity contribution in [3.8, 4) is 0 Å². The van der Waals surface area contributed by atoms with Crippen molar-refractivity contribution in [1.82, 2.24) is 4.98 Å². The number of aromatic carboxylic acids is 1. The number of carboxylic acids is 1. The molecule has 0 aliphatic heterocycles. The Hall–Kier alpha value is -1.77. The highest BCUT2D eigenvalue weighted by atomic mass is 16.4. The molecule has 0 radical (unpaired) electrons. The van der Waals surface area contributed by atoms with Crippen LogP contribution in [0.4, 0.5) is 0 Å². The normalized spacial score (nSPS) is 9.29. The Kier molecular flexibility index (Phi) is 3.29. The highest BCUT2D eigenvalue weighted by molar-refractivity contribution is 6.02. The molecule has 3 nitrogen and oxygen atoms in total. The van der Waals surface area contributed by atoms with Crippen LogP contribution in [0.2, 0.25) is 0 Å². The molecule has 0 atom stereocenters. The average Bonchev–Trinajstić information content (AvgIpc) is 2.67. The van der Waals surface area contributed by atoms with Gasteiger partial charge in [0, 0.05) is 17.1 Å². The van der Waals surface area contributed by atoms with E-state index in [4.69, 9.17) is 5.11 Å². The van der Waals surface area contributed by atoms with Crippen LogP contribution in [0.15, 0.2) is 30.5 Å². The molecular formula is C11H13NO2. The van der Waals surface area contributed by atoms with Crippen molar-refractivity contribution >= 4 is 16.9 Å². The lowest BCUT2D eigenvalue weighted by Gasteiger charge is -1.94. The van der Waals surface area contributed by atoms with Crippen LogP contribution in [0.25, 0.3) is 10.9 Å². The zero-order valence-electron chi connectivity index (χ0n) is 8.24. The van der Waals surface area contributed by atoms with E-state index in [1.165, 1.54) is 0 Å². The van der Waals surface area contributed by atoms with E-state index in [1.807, 2.05) is 19.9 Å². The number of aromatic amines is 1. The van der Waals surface area contributed by atoms with Gasteiger partial charge in [0.05, 0.1) is 5.56 Å². The molecule has 2 aromatic rings. The molecule has 0 unspecified atom stereocenters. The van der Waals surface area contributed by atoms with Crippen LogP contribution < -0.4 is 0 Å². The summed E-state index contributed by atoms with van der Waals surface area (Å²) in [6.07, 6.45) is 1.73. The monoisotopic (exact) mass is 191 g/mol. The molecule has 2 rings (SSSR count). The predicted octanol–water partition coefficient (Wildman–Crippen LogP) is 2.89. The molecule has 74 valence electrons. The van der Waals surface area contributed by atoms with Crippen LogP contribution in [0.5, 0.6) is 0 Å². The van der Waals surface area contributed by atoms with E-state index in [9.17, 15) is 4.79 Å². The first-order valence-electron chi connectivity index (χ1n) is 4.58. The van der Waals surface area contributed by atoms with Gasteiger partial charge < -0.3 is 10.1 Å². The maximum absolute atomic E-state index is 10.7. The Morgan fingerprint density at radius 3 is 2.64 bits per heavy atom. The molecule has 0 saturated heterocycles. The van der Waals surface area contributed by atoms with Crippen LogP contribution in [0.1, 0.15) is 24.2 Å². The van der Waals surface area contributed by atoms with Crippen LogP contribution in [0, 0.1) is 0 Å². The molecule has 2 N–H and O–H groups in total. The molecular weight excluding hydrogens is 178 g/mol. The van der Waals surface area contributed by atoms with Gasteiger partial charge in [-0.15, -0.1) is 0 Å². The van der Waals surface area contributed by atoms with Crippen molar-refractivity contribution in [2.75, 3.05) is 0 Å². The van der Waals surface area contributed by atoms with Crippen LogP contribution >= 0.6 is 0 Å². The second-order valence-corrected chi connectivity index (χ2v) is 2.55. The van der Waals surface area contributed by atoms with Gasteiger partial charge in [0.2, 0.25) is 0 Å². The summed E-state index contributed by atoms with van der Waals surface area (Å²) in [5, 5.41) is 9.54. The summed E-state index contributed by atoms with van der Waals surface area (Å²) in [7, 11) is 0. The maximum Gasteiger partial charge on any atom is 0.336 e. The molecule has 0 aliphatic carbocycles. The van der Waals surface area contributed by atoms with Crippen molar-refractivity contribution in [3.05, 3.63) is 36.0 Å². The number of carboxylic acid groups (broad SMARTS) is 1. The minimum atomic E-state index is -0.889. The Morgan fingerprint density at radius 2 is 2.00 bits per heavy atom. The fraction of sp³-hybridized carbons (Fsp3) is 0.182. The molecule has 1 aromatic carbocycles. The Bertz CT molecular complexity index is 432. The van der Waals surface area contributed by atoms with Crippen molar-refractivity contribution < 1.29 is 9.90 Å². The topological polar surface area (TPSA) is 53.1 Å². The first-order valence-corrected chi connectivity index (χ1v) is 4.58. The third-order valence-corrected chi connectivity index (χ3v) is 1.83. The largest absolute Gasteiger partial charge is 0.478 e. The third kappa shape index (κ3) is 1.76. The number of nitrogens with one attached hydrogen (secondary N) is 1. The first kappa shape index (κ1) is 10.3. The number of fused-ring (bicyclic) bond motifs is 1. The van der Waals surface area contributed by atoms with Gasteiger partial charge in [-0.2, -0.15) is 0 Å². The van der Waals surface area contributed by atoms with E-state index in [0.29, 0.717) is 5.56 Å². The first-order chi connectivity index (χ1) is 6.79. The van der Waals surface area contributed by atoms with E-state index in [1.54, 1.807) is 24.4 Å². The SMILES string of the molecule is CC.O=C(O)c1cccc2[nH]ccc12. The molecule has 0 spiro atoms. The molecule has 0 bridgehead atoms. The van der Waals surface area contributed by atoms with E-state index in [0.717, 1.165) is 10.9 Å². The summed E-state index contributed by atoms with van der Waals surface area (Å²) in [6.45, 7) is 4.00. The number of rotatable bonds is 1. The highest BCUT2D eigenvalue weighted by Crippen LogP contribution is 2.16. The van der Waals surface area contributed by atoms with Gasteiger partial charge in [-0.1, -0.05) is 19.9 Å². The maximum atomic E-state index is 10.7. The molecule has 0 aliphatic rings. The van der Waals surface area contributed by atoms with E-state index >= 15 is 0 Å². The molecule has 0 amide bonds. The van der Waals surface area contributed by atoms with Crippen LogP contribution in [0.3, 0.4) is 0 Å². The molecule has 0 fully saturated rings. The van der Waals surface area contributed by atoms with E-state index < -0.39 is 5.97 Å². The number of hydrogen-bond acceptors (Lipinski definition) is 1. The molecule has 1 aromatic heterocycles. The fourth-order valence-corrected chi connectivity index (χ4v) is 1.27. The quantitative estimate of drug-likeness (QED) is 0.728. The minimum Gasteiger partial charge on any atom is -0.478 e. The number of hydrogen-bond donors (Lipinski definition) is 2. The van der Waals surface area contributed by atoms with Gasteiger partial charge in [0.15, 0.2) is 0 Å². The lowest BCUT2D eigenvalue weighted by molar-refractivity contribution is 0.0699. The van der Waals surface area contributed by atoms with E-state index in [-0.39, 0.29) is 0 Å². The van der Waals surface area contributed by atoms with Gasteiger partial charge in [0.25, 0.3) is 0 Å². The van der Waals surface area contributed by atoms with E-state index in [2.05, 4.69) is 4.98 Å². The Labute approximate surface area is 82.4 Å². The summed E-state index contributed by atoms with van der Waals surface area (Å²) < 4.78 is 0. The van der Waals surface area contributed by atoms with Crippen molar-refractivity contribution in [2.24, 2.45) is 0 Å². The predicted molar refractivity (Wildman–Crippen MR) is 56.6 cm³/mol. The van der Waals surface area contributed by atoms with Gasteiger partial charge in [0.1, 0.15) is 0 Å². The summed E-state index contributed by atoms with van der Waals surface area (Å²) in [5.41, 5.74) is 1.20. The van der Waals surface area contributed by atoms with Crippen LogP contribution in [-0.4, -0.2) is 16.1 Å². The van der Waals surface area contributed by atoms with Crippen molar-refractivity contribution in [1.29, 1.82) is 0 Å². The van der Waals surface area contributed by atoms with Gasteiger partial charge >= 0.3 is 5.97 Å². The average molecular weight is 191 g/mol. The second kappa shape index (κ2) is 4.46. The molecule has 14 heavy (non-hydrogen) atoms. The number of H-pyrrole nitrogens is 1. The molecule has 0 saturated carbocycles. The third-order valence-electron chi connectivity index (χ3n) is 1.83. The van der Waals surface area contributed by atoms with Gasteiger partial charge in [-0.3, -0.25) is 0 Å². The summed E-state index contributed by atoms with van der Waals surface area (Å²) in [5.74, 6) is -0.889. The molecule has 3 heteroatoms. The lowest BCUT2D eigenvalue weighted by Crippen LogP contribution is -1.95. The Morgan fingerprint density at radius 1 is 1.29 bits per heavy atom.